The van der Waals surface area contributed by atoms with Crippen molar-refractivity contribution in [2.45, 2.75) is 37.5 Å². The summed E-state index contributed by atoms with van der Waals surface area (Å²) in [6.07, 6.45) is 4.38. The third-order valence-corrected chi connectivity index (χ3v) is 4.97. The first-order valence-corrected chi connectivity index (χ1v) is 9.03. The first-order valence-electron chi connectivity index (χ1n) is 9.03. The molecule has 3 N–H and O–H groups in total. The molecule has 3 atom stereocenters. The molecule has 138 valence electrons. The van der Waals surface area contributed by atoms with Gasteiger partial charge in [0.05, 0.1) is 12.2 Å². The Hall–Kier alpha value is -2.38. The molecule has 1 aromatic heterocycles. The fraction of sp³-hybridized carbons (Fsp3) is 0.474. The highest BCUT2D eigenvalue weighted by molar-refractivity contribution is 5.67. The van der Waals surface area contributed by atoms with Gasteiger partial charge in [0, 0.05) is 18.7 Å². The molecule has 2 heterocycles. The molecule has 1 aromatic carbocycles. The van der Waals surface area contributed by atoms with Gasteiger partial charge in [0.2, 0.25) is 0 Å². The minimum atomic E-state index is -0.694. The number of benzene rings is 1. The fourth-order valence-electron chi connectivity index (χ4n) is 3.25. The number of ether oxygens (including phenoxy) is 1. The molecule has 2 aromatic rings. The predicted octanol–water partition coefficient (Wildman–Crippen LogP) is 1.72. The summed E-state index contributed by atoms with van der Waals surface area (Å²) in [5.41, 5.74) is 2.05. The van der Waals surface area contributed by atoms with Crippen LogP contribution in [0, 0.1) is 5.92 Å². The van der Waals surface area contributed by atoms with Gasteiger partial charge in [-0.1, -0.05) is 24.3 Å². The van der Waals surface area contributed by atoms with E-state index in [1.165, 1.54) is 19.2 Å². The molecule has 1 aliphatic carbocycles. The lowest BCUT2D eigenvalue weighted by Crippen LogP contribution is -2.41. The topological polar surface area (TPSA) is 96.6 Å². The molecule has 0 radical (unpaired) electrons. The van der Waals surface area contributed by atoms with Crippen molar-refractivity contribution in [2.24, 2.45) is 5.92 Å². The number of aliphatic hydroxyl groups excluding tert-OH is 1. The number of hydrogen-bond donors (Lipinski definition) is 3. The number of rotatable bonds is 6. The minimum Gasteiger partial charge on any atom is -0.444 e. The van der Waals surface area contributed by atoms with Gasteiger partial charge in [-0.05, 0) is 30.7 Å². The number of aromatic nitrogens is 1. The lowest BCUT2D eigenvalue weighted by atomic mass is 10.0. The lowest BCUT2D eigenvalue weighted by Gasteiger charge is -2.22. The normalized spacial score (nSPS) is 25.2. The Morgan fingerprint density at radius 2 is 2.15 bits per heavy atom. The summed E-state index contributed by atoms with van der Waals surface area (Å²) in [6, 6.07) is 7.84. The molecule has 2 fully saturated rings. The van der Waals surface area contributed by atoms with Crippen LogP contribution in [0.5, 0.6) is 0 Å². The van der Waals surface area contributed by atoms with Gasteiger partial charge >= 0.3 is 6.09 Å². The van der Waals surface area contributed by atoms with E-state index in [-0.39, 0.29) is 6.04 Å². The fourth-order valence-corrected chi connectivity index (χ4v) is 3.25. The van der Waals surface area contributed by atoms with Crippen LogP contribution in [0.25, 0.3) is 11.3 Å². The van der Waals surface area contributed by atoms with Gasteiger partial charge in [-0.15, -0.1) is 0 Å². The zero-order chi connectivity index (χ0) is 17.9. The summed E-state index contributed by atoms with van der Waals surface area (Å²) in [5.74, 6) is 1.31. The number of nitrogens with one attached hydrogen (secondary N) is 2. The van der Waals surface area contributed by atoms with Crippen LogP contribution < -0.4 is 10.6 Å². The number of carbonyl (C=O) groups is 1. The Balaban J connectivity index is 1.35. The second-order valence-electron chi connectivity index (χ2n) is 7.04. The van der Waals surface area contributed by atoms with Crippen LogP contribution in [0.4, 0.5) is 4.79 Å². The van der Waals surface area contributed by atoms with Crippen molar-refractivity contribution >= 4 is 6.09 Å². The van der Waals surface area contributed by atoms with Crippen LogP contribution in [-0.4, -0.2) is 47.5 Å². The van der Waals surface area contributed by atoms with Crippen LogP contribution in [0.2, 0.25) is 0 Å². The van der Waals surface area contributed by atoms with E-state index in [0.29, 0.717) is 25.4 Å². The minimum absolute atomic E-state index is 0.118. The highest BCUT2D eigenvalue weighted by atomic mass is 16.6. The summed E-state index contributed by atoms with van der Waals surface area (Å²) in [5, 5.41) is 16.2. The molecule has 0 unspecified atom stereocenters. The van der Waals surface area contributed by atoms with Crippen molar-refractivity contribution in [1.82, 2.24) is 15.6 Å². The lowest BCUT2D eigenvalue weighted by molar-refractivity contribution is 0.0189. The maximum Gasteiger partial charge on any atom is 0.407 e. The molecule has 7 heteroatoms. The second-order valence-corrected chi connectivity index (χ2v) is 7.04. The Labute approximate surface area is 151 Å². The van der Waals surface area contributed by atoms with Crippen LogP contribution in [0.1, 0.15) is 18.4 Å². The maximum atomic E-state index is 12.0. The quantitative estimate of drug-likeness (QED) is 0.728. The van der Waals surface area contributed by atoms with Crippen molar-refractivity contribution in [2.75, 3.05) is 13.1 Å². The van der Waals surface area contributed by atoms with Crippen LogP contribution in [-0.2, 0) is 11.2 Å². The van der Waals surface area contributed by atoms with E-state index >= 15 is 0 Å². The largest absolute Gasteiger partial charge is 0.444 e. The average Bonchev–Trinajstić information content (AvgIpc) is 3.21. The summed E-state index contributed by atoms with van der Waals surface area (Å²) in [7, 11) is 0. The molecule has 26 heavy (non-hydrogen) atoms. The summed E-state index contributed by atoms with van der Waals surface area (Å²) < 4.78 is 10.8. The Morgan fingerprint density at radius 1 is 1.35 bits per heavy atom. The zero-order valence-electron chi connectivity index (χ0n) is 14.4. The summed E-state index contributed by atoms with van der Waals surface area (Å²) >= 11 is 0. The number of alkyl carbamates (subject to hydrolysis) is 1. The molecular weight excluding hydrogens is 334 g/mol. The maximum absolute atomic E-state index is 12.0. The van der Waals surface area contributed by atoms with E-state index in [1.54, 1.807) is 6.20 Å². The van der Waals surface area contributed by atoms with E-state index < -0.39 is 18.3 Å². The number of aliphatic hydroxyl groups is 1. The van der Waals surface area contributed by atoms with Crippen molar-refractivity contribution < 1.29 is 19.1 Å². The smallest absolute Gasteiger partial charge is 0.407 e. The Morgan fingerprint density at radius 3 is 2.85 bits per heavy atom. The highest BCUT2D eigenvalue weighted by Gasteiger charge is 2.38. The van der Waals surface area contributed by atoms with E-state index in [9.17, 15) is 9.90 Å². The van der Waals surface area contributed by atoms with E-state index in [0.717, 1.165) is 16.9 Å². The van der Waals surface area contributed by atoms with Gasteiger partial charge in [0.1, 0.15) is 12.2 Å². The number of amides is 1. The highest BCUT2D eigenvalue weighted by Crippen LogP contribution is 2.27. The number of nitrogens with zero attached hydrogens (tertiary/aromatic N) is 1. The van der Waals surface area contributed by atoms with Gasteiger partial charge in [-0.2, -0.15) is 0 Å². The SMILES string of the molecule is O=C(NCC1CC1)O[C@@H]1[C@@H](O)CN[C@@H]1Cc1ccc(-c2cnco2)cc1. The van der Waals surface area contributed by atoms with Crippen LogP contribution >= 0.6 is 0 Å². The van der Waals surface area contributed by atoms with Gasteiger partial charge < -0.3 is 24.9 Å². The third-order valence-electron chi connectivity index (χ3n) is 4.97. The van der Waals surface area contributed by atoms with Gasteiger partial charge in [-0.3, -0.25) is 0 Å². The number of oxazole rings is 1. The van der Waals surface area contributed by atoms with Crippen molar-refractivity contribution in [1.29, 1.82) is 0 Å². The molecule has 1 saturated carbocycles. The van der Waals surface area contributed by atoms with Crippen molar-refractivity contribution in [3.05, 3.63) is 42.4 Å². The number of carbonyl (C=O) groups excluding carboxylic acids is 1. The van der Waals surface area contributed by atoms with Gasteiger partial charge in [0.25, 0.3) is 0 Å². The predicted molar refractivity (Wildman–Crippen MR) is 94.4 cm³/mol. The van der Waals surface area contributed by atoms with E-state index in [4.69, 9.17) is 9.15 Å². The summed E-state index contributed by atoms with van der Waals surface area (Å²) in [4.78, 5) is 15.9. The standard InChI is InChI=1S/C19H23N3O4/c23-16-9-21-15(18(16)26-19(24)22-8-13-1-2-13)7-12-3-5-14(6-4-12)17-10-20-11-25-17/h3-6,10-11,13,15-16,18,21,23H,1-2,7-9H2,(H,22,24)/t15-,16+,18+/m1/s1. The number of β-amino-alcohol motifs (C(OH)–C–C–N with tert-alkyl or cyclic N) is 1. The molecule has 0 bridgehead atoms. The molecule has 1 saturated heterocycles. The Bertz CT molecular complexity index is 728. The van der Waals surface area contributed by atoms with Gasteiger partial charge in [-0.25, -0.2) is 9.78 Å². The molecule has 1 amide bonds. The second kappa shape index (κ2) is 7.47. The van der Waals surface area contributed by atoms with Crippen molar-refractivity contribution in [3.63, 3.8) is 0 Å². The van der Waals surface area contributed by atoms with Crippen LogP contribution in [0.15, 0.2) is 41.3 Å². The average molecular weight is 357 g/mol. The summed E-state index contributed by atoms with van der Waals surface area (Å²) in [6.45, 7) is 1.07. The third kappa shape index (κ3) is 4.05. The zero-order valence-corrected chi connectivity index (χ0v) is 14.4. The van der Waals surface area contributed by atoms with Crippen LogP contribution in [0.3, 0.4) is 0 Å². The number of hydrogen-bond acceptors (Lipinski definition) is 6. The molecule has 1 aliphatic heterocycles. The Kier molecular flexibility index (Phi) is 4.90. The first kappa shape index (κ1) is 17.1. The molecular formula is C19H23N3O4. The van der Waals surface area contributed by atoms with E-state index in [2.05, 4.69) is 15.6 Å². The monoisotopic (exact) mass is 357 g/mol. The molecule has 4 rings (SSSR count). The van der Waals surface area contributed by atoms with E-state index in [1.807, 2.05) is 24.3 Å². The van der Waals surface area contributed by atoms with Crippen molar-refractivity contribution in [3.8, 4) is 11.3 Å². The first-order chi connectivity index (χ1) is 12.7. The molecule has 7 nitrogen and oxygen atoms in total. The molecule has 0 spiro atoms. The molecule has 2 aliphatic rings. The van der Waals surface area contributed by atoms with Gasteiger partial charge in [0.15, 0.2) is 12.2 Å².